The summed E-state index contributed by atoms with van der Waals surface area (Å²) in [5.74, 6) is 0.382. The van der Waals surface area contributed by atoms with Crippen molar-refractivity contribution in [3.05, 3.63) is 30.1 Å². The molecule has 1 aromatic rings. The average Bonchev–Trinajstić information content (AvgIpc) is 2.46. The first-order valence-corrected chi connectivity index (χ1v) is 7.09. The molecule has 1 aromatic heterocycles. The number of hydrogen-bond donors (Lipinski definition) is 1. The Kier molecular flexibility index (Phi) is 4.91. The van der Waals surface area contributed by atoms with E-state index in [1.165, 1.54) is 0 Å². The molecule has 1 aliphatic heterocycles. The lowest BCUT2D eigenvalue weighted by atomic mass is 9.97. The minimum atomic E-state index is 0.125. The summed E-state index contributed by atoms with van der Waals surface area (Å²) in [5.41, 5.74) is 0.952. The smallest absolute Gasteiger partial charge is 0.227 e. The number of rotatable bonds is 4. The van der Waals surface area contributed by atoms with Gasteiger partial charge in [-0.1, -0.05) is 6.07 Å². The summed E-state index contributed by atoms with van der Waals surface area (Å²) in [7, 11) is 0. The number of nitrogens with zero attached hydrogens (tertiary/aromatic N) is 2. The van der Waals surface area contributed by atoms with Crippen molar-refractivity contribution in [1.82, 2.24) is 15.2 Å². The third-order valence-corrected chi connectivity index (χ3v) is 3.61. The first kappa shape index (κ1) is 14.0. The summed E-state index contributed by atoms with van der Waals surface area (Å²) in [6, 6.07) is 6.04. The monoisotopic (exact) mass is 261 g/mol. The summed E-state index contributed by atoms with van der Waals surface area (Å²) < 4.78 is 0. The molecule has 4 heteroatoms. The molecule has 19 heavy (non-hydrogen) atoms. The van der Waals surface area contributed by atoms with Gasteiger partial charge in [0.25, 0.3) is 0 Å². The molecule has 0 radical (unpaired) electrons. The van der Waals surface area contributed by atoms with Gasteiger partial charge in [0.15, 0.2) is 0 Å². The molecule has 4 nitrogen and oxygen atoms in total. The van der Waals surface area contributed by atoms with Gasteiger partial charge in [0, 0.05) is 18.8 Å². The van der Waals surface area contributed by atoms with Crippen LogP contribution in [-0.4, -0.2) is 34.9 Å². The van der Waals surface area contributed by atoms with Crippen molar-refractivity contribution in [2.45, 2.75) is 39.3 Å². The number of piperidine rings is 1. The Morgan fingerprint density at radius 2 is 2.37 bits per heavy atom. The summed E-state index contributed by atoms with van der Waals surface area (Å²) in [4.78, 5) is 18.9. The molecule has 1 atom stereocenters. The van der Waals surface area contributed by atoms with E-state index >= 15 is 0 Å². The third kappa shape index (κ3) is 3.77. The second-order valence-corrected chi connectivity index (χ2v) is 5.42. The van der Waals surface area contributed by atoms with E-state index in [1.807, 2.05) is 23.1 Å². The predicted molar refractivity (Wildman–Crippen MR) is 75.5 cm³/mol. The fourth-order valence-electron chi connectivity index (χ4n) is 2.48. The Bertz CT molecular complexity index is 399. The van der Waals surface area contributed by atoms with Crippen LogP contribution >= 0.6 is 0 Å². The highest BCUT2D eigenvalue weighted by Gasteiger charge is 2.27. The van der Waals surface area contributed by atoms with Gasteiger partial charge in [-0.15, -0.1) is 0 Å². The molecule has 0 bridgehead atoms. The minimum Gasteiger partial charge on any atom is -0.334 e. The zero-order valence-corrected chi connectivity index (χ0v) is 11.8. The molecule has 1 fully saturated rings. The van der Waals surface area contributed by atoms with Crippen molar-refractivity contribution >= 4 is 5.91 Å². The Balaban J connectivity index is 2.04. The van der Waals surface area contributed by atoms with E-state index < -0.39 is 0 Å². The highest BCUT2D eigenvalue weighted by atomic mass is 16.2. The molecular weight excluding hydrogens is 238 g/mol. The first-order valence-electron chi connectivity index (χ1n) is 7.09. The lowest BCUT2D eigenvalue weighted by Crippen LogP contribution is -2.45. The van der Waals surface area contributed by atoms with E-state index in [1.54, 1.807) is 6.20 Å². The van der Waals surface area contributed by atoms with Gasteiger partial charge in [0.1, 0.15) is 0 Å². The zero-order valence-electron chi connectivity index (χ0n) is 11.8. The van der Waals surface area contributed by atoms with Crippen LogP contribution < -0.4 is 5.32 Å². The Labute approximate surface area is 115 Å². The Morgan fingerprint density at radius 1 is 1.53 bits per heavy atom. The van der Waals surface area contributed by atoms with Crippen LogP contribution in [0, 0.1) is 5.92 Å². The molecule has 104 valence electrons. The van der Waals surface area contributed by atoms with Crippen molar-refractivity contribution in [3.8, 4) is 0 Å². The molecule has 2 rings (SSSR count). The molecule has 0 unspecified atom stereocenters. The Morgan fingerprint density at radius 3 is 2.95 bits per heavy atom. The lowest BCUT2D eigenvalue weighted by molar-refractivity contribution is -0.138. The predicted octanol–water partition coefficient (Wildman–Crippen LogP) is 1.82. The molecule has 1 N–H and O–H groups in total. The molecule has 2 heterocycles. The molecule has 1 amide bonds. The maximum atomic E-state index is 12.6. The van der Waals surface area contributed by atoms with E-state index in [2.05, 4.69) is 24.1 Å². The zero-order chi connectivity index (χ0) is 13.7. The third-order valence-electron chi connectivity index (χ3n) is 3.61. The maximum absolute atomic E-state index is 12.6. The van der Waals surface area contributed by atoms with E-state index in [-0.39, 0.29) is 17.9 Å². The van der Waals surface area contributed by atoms with Crippen molar-refractivity contribution in [2.24, 2.45) is 5.92 Å². The fraction of sp³-hybridized carbons (Fsp3) is 0.600. The van der Waals surface area contributed by atoms with Gasteiger partial charge >= 0.3 is 0 Å². The Hall–Kier alpha value is -1.42. The highest BCUT2D eigenvalue weighted by Crippen LogP contribution is 2.17. The van der Waals surface area contributed by atoms with Crippen LogP contribution in [0.4, 0.5) is 0 Å². The first-order chi connectivity index (χ1) is 9.18. The quantitative estimate of drug-likeness (QED) is 0.899. The van der Waals surface area contributed by atoms with Gasteiger partial charge in [-0.2, -0.15) is 0 Å². The SMILES string of the molecule is CC(C)N(Cc1ccccn1)C(=O)[C@@H]1CCCNC1. The summed E-state index contributed by atoms with van der Waals surface area (Å²) in [6.07, 6.45) is 3.86. The molecule has 0 spiro atoms. The van der Waals surface area contributed by atoms with Gasteiger partial charge in [-0.3, -0.25) is 9.78 Å². The second-order valence-electron chi connectivity index (χ2n) is 5.42. The average molecular weight is 261 g/mol. The molecular formula is C15H23N3O. The lowest BCUT2D eigenvalue weighted by Gasteiger charge is -2.32. The maximum Gasteiger partial charge on any atom is 0.227 e. The summed E-state index contributed by atoms with van der Waals surface area (Å²) in [6.45, 7) is 6.58. The number of carbonyl (C=O) groups is 1. The van der Waals surface area contributed by atoms with Crippen molar-refractivity contribution < 1.29 is 4.79 Å². The van der Waals surface area contributed by atoms with Crippen LogP contribution in [0.3, 0.4) is 0 Å². The van der Waals surface area contributed by atoms with E-state index in [4.69, 9.17) is 0 Å². The molecule has 1 aliphatic rings. The second kappa shape index (κ2) is 6.66. The van der Waals surface area contributed by atoms with Crippen LogP contribution in [0.5, 0.6) is 0 Å². The van der Waals surface area contributed by atoms with Crippen LogP contribution in [0.1, 0.15) is 32.4 Å². The molecule has 0 aliphatic carbocycles. The number of carbonyl (C=O) groups excluding carboxylic acids is 1. The van der Waals surface area contributed by atoms with Gasteiger partial charge in [-0.25, -0.2) is 0 Å². The molecule has 0 aromatic carbocycles. The van der Waals surface area contributed by atoms with Crippen molar-refractivity contribution in [1.29, 1.82) is 0 Å². The number of pyridine rings is 1. The summed E-state index contributed by atoms with van der Waals surface area (Å²) in [5, 5.41) is 3.31. The number of aromatic nitrogens is 1. The summed E-state index contributed by atoms with van der Waals surface area (Å²) >= 11 is 0. The standard InChI is InChI=1S/C15H23N3O/c1-12(2)18(11-14-7-3-4-9-17-14)15(19)13-6-5-8-16-10-13/h3-4,7,9,12-13,16H,5-6,8,10-11H2,1-2H3/t13-/m1/s1. The normalized spacial score (nSPS) is 19.4. The van der Waals surface area contributed by atoms with Crippen LogP contribution in [-0.2, 0) is 11.3 Å². The van der Waals surface area contributed by atoms with Crippen molar-refractivity contribution in [2.75, 3.05) is 13.1 Å². The van der Waals surface area contributed by atoms with E-state index in [0.717, 1.165) is 31.6 Å². The van der Waals surface area contributed by atoms with E-state index in [0.29, 0.717) is 6.54 Å². The van der Waals surface area contributed by atoms with Crippen molar-refractivity contribution in [3.63, 3.8) is 0 Å². The van der Waals surface area contributed by atoms with Gasteiger partial charge in [0.2, 0.25) is 5.91 Å². The molecule has 0 saturated carbocycles. The number of hydrogen-bond acceptors (Lipinski definition) is 3. The van der Waals surface area contributed by atoms with Gasteiger partial charge in [0.05, 0.1) is 18.2 Å². The number of amides is 1. The molecule has 1 saturated heterocycles. The van der Waals surface area contributed by atoms with Crippen LogP contribution in [0.2, 0.25) is 0 Å². The van der Waals surface area contributed by atoms with Crippen LogP contribution in [0.15, 0.2) is 24.4 Å². The number of nitrogens with one attached hydrogen (secondary N) is 1. The topological polar surface area (TPSA) is 45.2 Å². The largest absolute Gasteiger partial charge is 0.334 e. The highest BCUT2D eigenvalue weighted by molar-refractivity contribution is 5.79. The van der Waals surface area contributed by atoms with Gasteiger partial charge < -0.3 is 10.2 Å². The fourth-order valence-corrected chi connectivity index (χ4v) is 2.48. The van der Waals surface area contributed by atoms with E-state index in [9.17, 15) is 4.79 Å². The minimum absolute atomic E-state index is 0.125. The van der Waals surface area contributed by atoms with Gasteiger partial charge in [-0.05, 0) is 45.4 Å². The van der Waals surface area contributed by atoms with Crippen LogP contribution in [0.25, 0.3) is 0 Å².